The summed E-state index contributed by atoms with van der Waals surface area (Å²) in [5.74, 6) is 0. The third kappa shape index (κ3) is 2.97. The molecule has 0 aromatic carbocycles. The van der Waals surface area contributed by atoms with Crippen molar-refractivity contribution in [2.75, 3.05) is 11.0 Å². The highest BCUT2D eigenvalue weighted by atomic mass is 35.5. The van der Waals surface area contributed by atoms with E-state index in [4.69, 9.17) is 11.6 Å². The number of carbonyl (C=O) groups is 1. The van der Waals surface area contributed by atoms with E-state index >= 15 is 0 Å². The molecule has 0 radical (unpaired) electrons. The molecule has 0 atom stereocenters. The Balaban J connectivity index is 3.13. The van der Waals surface area contributed by atoms with Gasteiger partial charge in [0, 0.05) is 11.8 Å². The maximum absolute atomic E-state index is 10.9. The van der Waals surface area contributed by atoms with E-state index in [-0.39, 0.29) is 16.4 Å². The molecule has 0 aliphatic heterocycles. The van der Waals surface area contributed by atoms with Crippen LogP contribution < -0.4 is 4.72 Å². The second kappa shape index (κ2) is 3.93. The van der Waals surface area contributed by atoms with Crippen molar-refractivity contribution in [2.24, 2.45) is 0 Å². The molecule has 5 nitrogen and oxygen atoms in total. The number of carbonyl (C=O) groups excluding carboxylic acids is 1. The number of nitrogens with zero attached hydrogens (tertiary/aromatic N) is 1. The molecule has 1 N–H and O–H groups in total. The highest BCUT2D eigenvalue weighted by Gasteiger charge is 2.07. The molecule has 0 fully saturated rings. The topological polar surface area (TPSA) is 76.1 Å². The molecule has 0 spiro atoms. The largest absolute Gasteiger partial charge is 0.298 e. The highest BCUT2D eigenvalue weighted by molar-refractivity contribution is 7.92. The molecule has 1 rings (SSSR count). The molecule has 0 amide bonds. The van der Waals surface area contributed by atoms with Crippen LogP contribution in [0.1, 0.15) is 10.4 Å². The first-order valence-electron chi connectivity index (χ1n) is 3.51. The van der Waals surface area contributed by atoms with Crippen molar-refractivity contribution in [3.8, 4) is 0 Å². The lowest BCUT2D eigenvalue weighted by atomic mass is 10.3. The molecule has 0 aliphatic carbocycles. The van der Waals surface area contributed by atoms with Gasteiger partial charge in [-0.15, -0.1) is 0 Å². The van der Waals surface area contributed by atoms with Crippen LogP contribution in [0.4, 0.5) is 5.69 Å². The normalized spacial score (nSPS) is 11.0. The standard InChI is InChI=1S/C7H7ClN2O3S/c1-14(12,13)10-6-2-5(4-11)3-9-7(6)8/h2-4,10H,1H3. The summed E-state index contributed by atoms with van der Waals surface area (Å²) < 4.78 is 23.9. The number of aldehydes is 1. The highest BCUT2D eigenvalue weighted by Crippen LogP contribution is 2.20. The third-order valence-corrected chi connectivity index (χ3v) is 2.18. The van der Waals surface area contributed by atoms with E-state index < -0.39 is 10.0 Å². The minimum Gasteiger partial charge on any atom is -0.298 e. The molecule has 1 aromatic rings. The van der Waals surface area contributed by atoms with Crippen LogP contribution in [0.25, 0.3) is 0 Å². The Kier molecular flexibility index (Phi) is 3.07. The fourth-order valence-electron chi connectivity index (χ4n) is 0.800. The number of pyridine rings is 1. The van der Waals surface area contributed by atoms with Crippen molar-refractivity contribution in [2.45, 2.75) is 0 Å². The predicted molar refractivity (Wildman–Crippen MR) is 53.1 cm³/mol. The van der Waals surface area contributed by atoms with E-state index in [1.165, 1.54) is 12.3 Å². The maximum Gasteiger partial charge on any atom is 0.229 e. The summed E-state index contributed by atoms with van der Waals surface area (Å²) in [6, 6.07) is 1.31. The number of rotatable bonds is 3. The minimum atomic E-state index is -3.42. The van der Waals surface area contributed by atoms with Crippen LogP contribution in [0.5, 0.6) is 0 Å². The van der Waals surface area contributed by atoms with Gasteiger partial charge in [0.2, 0.25) is 10.0 Å². The Hall–Kier alpha value is -1.14. The number of hydrogen-bond acceptors (Lipinski definition) is 4. The van der Waals surface area contributed by atoms with Crippen LogP contribution in [0.2, 0.25) is 5.15 Å². The van der Waals surface area contributed by atoms with E-state index in [0.29, 0.717) is 6.29 Å². The van der Waals surface area contributed by atoms with Crippen LogP contribution in [0, 0.1) is 0 Å². The van der Waals surface area contributed by atoms with E-state index in [1.54, 1.807) is 0 Å². The Labute approximate surface area is 86.2 Å². The first-order valence-corrected chi connectivity index (χ1v) is 5.78. The molecule has 1 aromatic heterocycles. The van der Waals surface area contributed by atoms with Crippen LogP contribution in [-0.4, -0.2) is 25.9 Å². The van der Waals surface area contributed by atoms with Gasteiger partial charge in [-0.2, -0.15) is 0 Å². The maximum atomic E-state index is 10.9. The first kappa shape index (κ1) is 10.9. The number of hydrogen-bond donors (Lipinski definition) is 1. The Morgan fingerprint density at radius 1 is 1.57 bits per heavy atom. The van der Waals surface area contributed by atoms with Gasteiger partial charge in [-0.1, -0.05) is 11.6 Å². The van der Waals surface area contributed by atoms with Crippen molar-refractivity contribution in [3.05, 3.63) is 23.0 Å². The summed E-state index contributed by atoms with van der Waals surface area (Å²) in [4.78, 5) is 14.0. The molecular formula is C7H7ClN2O3S. The summed E-state index contributed by atoms with van der Waals surface area (Å²) in [7, 11) is -3.42. The van der Waals surface area contributed by atoms with E-state index in [9.17, 15) is 13.2 Å². The molecule has 0 saturated carbocycles. The smallest absolute Gasteiger partial charge is 0.229 e. The zero-order chi connectivity index (χ0) is 10.8. The second-order valence-corrected chi connectivity index (χ2v) is 4.71. The van der Waals surface area contributed by atoms with Crippen LogP contribution >= 0.6 is 11.6 Å². The lowest BCUT2D eigenvalue weighted by molar-refractivity contribution is 0.112. The second-order valence-electron chi connectivity index (χ2n) is 2.60. The van der Waals surface area contributed by atoms with Gasteiger partial charge >= 0.3 is 0 Å². The molecule has 0 bridgehead atoms. The monoisotopic (exact) mass is 234 g/mol. The van der Waals surface area contributed by atoms with Gasteiger partial charge in [-0.25, -0.2) is 13.4 Å². The minimum absolute atomic E-state index is 0.000949. The third-order valence-electron chi connectivity index (χ3n) is 1.29. The Morgan fingerprint density at radius 2 is 2.21 bits per heavy atom. The SMILES string of the molecule is CS(=O)(=O)Nc1cc(C=O)cnc1Cl. The lowest BCUT2D eigenvalue weighted by Crippen LogP contribution is -2.10. The lowest BCUT2D eigenvalue weighted by Gasteiger charge is -2.05. The average molecular weight is 235 g/mol. The van der Waals surface area contributed by atoms with Crippen LogP contribution in [0.3, 0.4) is 0 Å². The van der Waals surface area contributed by atoms with E-state index in [2.05, 4.69) is 9.71 Å². The van der Waals surface area contributed by atoms with Gasteiger partial charge in [0.05, 0.1) is 11.9 Å². The molecule has 76 valence electrons. The molecular weight excluding hydrogens is 228 g/mol. The Bertz CT molecular complexity index is 458. The van der Waals surface area contributed by atoms with Crippen molar-refractivity contribution in [3.63, 3.8) is 0 Å². The summed E-state index contributed by atoms with van der Waals surface area (Å²) in [5.41, 5.74) is 0.347. The molecule has 14 heavy (non-hydrogen) atoms. The molecule has 0 aliphatic rings. The van der Waals surface area contributed by atoms with Crippen LogP contribution in [-0.2, 0) is 10.0 Å². The number of anilines is 1. The van der Waals surface area contributed by atoms with Gasteiger partial charge in [0.25, 0.3) is 0 Å². The quantitative estimate of drug-likeness (QED) is 0.623. The van der Waals surface area contributed by atoms with Crippen molar-refractivity contribution in [1.82, 2.24) is 4.98 Å². The van der Waals surface area contributed by atoms with Crippen molar-refractivity contribution in [1.29, 1.82) is 0 Å². The Morgan fingerprint density at radius 3 is 2.71 bits per heavy atom. The van der Waals surface area contributed by atoms with Gasteiger partial charge in [0.15, 0.2) is 11.4 Å². The first-order chi connectivity index (χ1) is 6.42. The summed E-state index contributed by atoms with van der Waals surface area (Å²) in [5, 5.41) is 0.000949. The molecule has 0 unspecified atom stereocenters. The van der Waals surface area contributed by atoms with Crippen molar-refractivity contribution < 1.29 is 13.2 Å². The fourth-order valence-corrected chi connectivity index (χ4v) is 1.56. The van der Waals surface area contributed by atoms with Gasteiger partial charge < -0.3 is 0 Å². The van der Waals surface area contributed by atoms with Gasteiger partial charge in [-0.3, -0.25) is 9.52 Å². The molecule has 1 heterocycles. The van der Waals surface area contributed by atoms with Crippen LogP contribution in [0.15, 0.2) is 12.3 Å². The zero-order valence-corrected chi connectivity index (χ0v) is 8.76. The average Bonchev–Trinajstić information content (AvgIpc) is 2.06. The summed E-state index contributed by atoms with van der Waals surface area (Å²) >= 11 is 5.61. The van der Waals surface area contributed by atoms with Crippen molar-refractivity contribution >= 4 is 33.6 Å². The summed E-state index contributed by atoms with van der Waals surface area (Å²) in [6.45, 7) is 0. The number of nitrogens with one attached hydrogen (secondary N) is 1. The zero-order valence-electron chi connectivity index (χ0n) is 7.19. The molecule has 7 heteroatoms. The van der Waals surface area contributed by atoms with Gasteiger partial charge in [-0.05, 0) is 6.07 Å². The number of sulfonamides is 1. The number of aromatic nitrogens is 1. The van der Waals surface area contributed by atoms with E-state index in [0.717, 1.165) is 6.26 Å². The summed E-state index contributed by atoms with van der Waals surface area (Å²) in [6.07, 6.45) is 2.79. The number of halogens is 1. The van der Waals surface area contributed by atoms with E-state index in [1.807, 2.05) is 0 Å². The predicted octanol–water partition coefficient (Wildman–Crippen LogP) is 0.919. The van der Waals surface area contributed by atoms with Gasteiger partial charge in [0.1, 0.15) is 0 Å². The fraction of sp³-hybridized carbons (Fsp3) is 0.143. The molecule has 0 saturated heterocycles.